The Balaban J connectivity index is 4.88. The third-order valence-corrected chi connectivity index (χ3v) is 3.69. The molecule has 2 amide bonds. The first-order valence-electron chi connectivity index (χ1n) is 8.48. The molecule has 0 aliphatic carbocycles. The van der Waals surface area contributed by atoms with Crippen molar-refractivity contribution in [2.75, 3.05) is 6.54 Å². The van der Waals surface area contributed by atoms with Crippen LogP contribution in [0.1, 0.15) is 54.9 Å². The lowest BCUT2D eigenvalue weighted by molar-refractivity contribution is -0.135. The number of amides is 2. The van der Waals surface area contributed by atoms with E-state index in [0.717, 1.165) is 5.70 Å². The van der Waals surface area contributed by atoms with Crippen LogP contribution < -0.4 is 10.6 Å². The highest BCUT2D eigenvalue weighted by Gasteiger charge is 2.38. The topological polar surface area (TPSA) is 58.2 Å². The van der Waals surface area contributed by atoms with E-state index in [-0.39, 0.29) is 11.8 Å². The molecule has 0 aromatic carbocycles. The highest BCUT2D eigenvalue weighted by molar-refractivity contribution is 5.86. The Morgan fingerprint density at radius 2 is 1.58 bits per heavy atom. The van der Waals surface area contributed by atoms with Crippen molar-refractivity contribution in [2.45, 2.75) is 54.9 Å². The first kappa shape index (κ1) is 22.2. The van der Waals surface area contributed by atoms with Crippen LogP contribution in [0.25, 0.3) is 0 Å². The zero-order valence-corrected chi connectivity index (χ0v) is 16.3. The fourth-order valence-corrected chi connectivity index (χ4v) is 2.47. The van der Waals surface area contributed by atoms with Crippen molar-refractivity contribution < 1.29 is 9.59 Å². The summed E-state index contributed by atoms with van der Waals surface area (Å²) < 4.78 is 0. The lowest BCUT2D eigenvalue weighted by atomic mass is 9.74. The SMILES string of the molecule is C=C/C=C\C=C(/C)NC(=O)C(C)(C)CC(C)(C)C(=O)NCC(C)C. The van der Waals surface area contributed by atoms with E-state index >= 15 is 0 Å². The molecule has 0 bridgehead atoms. The van der Waals surface area contributed by atoms with E-state index in [1.54, 1.807) is 12.2 Å². The Hall–Kier alpha value is -1.84. The third-order valence-electron chi connectivity index (χ3n) is 3.69. The summed E-state index contributed by atoms with van der Waals surface area (Å²) >= 11 is 0. The molecule has 4 nitrogen and oxygen atoms in total. The summed E-state index contributed by atoms with van der Waals surface area (Å²) in [6, 6.07) is 0. The predicted octanol–water partition coefficient (Wildman–Crippen LogP) is 3.96. The second-order valence-corrected chi connectivity index (χ2v) is 7.97. The number of rotatable bonds is 9. The largest absolute Gasteiger partial charge is 0.355 e. The Kier molecular flexibility index (Phi) is 8.73. The molecule has 0 unspecified atom stereocenters. The molecular formula is C20H34N2O2. The van der Waals surface area contributed by atoms with Crippen molar-refractivity contribution in [3.63, 3.8) is 0 Å². The maximum absolute atomic E-state index is 12.5. The van der Waals surface area contributed by atoms with Crippen LogP contribution >= 0.6 is 0 Å². The molecule has 0 atom stereocenters. The molecule has 0 aliphatic heterocycles. The second-order valence-electron chi connectivity index (χ2n) is 7.97. The van der Waals surface area contributed by atoms with Crippen molar-refractivity contribution in [2.24, 2.45) is 16.7 Å². The van der Waals surface area contributed by atoms with E-state index in [0.29, 0.717) is 18.9 Å². The Bertz CT molecular complexity index is 512. The summed E-state index contributed by atoms with van der Waals surface area (Å²) in [6.45, 7) is 17.7. The first-order valence-corrected chi connectivity index (χ1v) is 8.48. The average molecular weight is 335 g/mol. The van der Waals surface area contributed by atoms with Crippen LogP contribution in [0.4, 0.5) is 0 Å². The molecule has 0 rings (SSSR count). The normalized spacial score (nSPS) is 13.2. The average Bonchev–Trinajstić information content (AvgIpc) is 2.43. The van der Waals surface area contributed by atoms with E-state index in [4.69, 9.17) is 0 Å². The van der Waals surface area contributed by atoms with Crippen LogP contribution in [0.3, 0.4) is 0 Å². The number of allylic oxidation sites excluding steroid dienone is 5. The van der Waals surface area contributed by atoms with E-state index in [1.807, 2.05) is 46.8 Å². The number of nitrogens with one attached hydrogen (secondary N) is 2. The fraction of sp³-hybridized carbons (Fsp3) is 0.600. The van der Waals surface area contributed by atoms with Gasteiger partial charge in [0.15, 0.2) is 0 Å². The predicted molar refractivity (Wildman–Crippen MR) is 101 cm³/mol. The smallest absolute Gasteiger partial charge is 0.229 e. The van der Waals surface area contributed by atoms with E-state index < -0.39 is 10.8 Å². The highest BCUT2D eigenvalue weighted by Crippen LogP contribution is 2.34. The van der Waals surface area contributed by atoms with Crippen LogP contribution in [0, 0.1) is 16.7 Å². The molecule has 0 saturated heterocycles. The molecular weight excluding hydrogens is 300 g/mol. The number of hydrogen-bond donors (Lipinski definition) is 2. The Labute approximate surface area is 147 Å². The molecule has 136 valence electrons. The van der Waals surface area contributed by atoms with Gasteiger partial charge in [-0.15, -0.1) is 0 Å². The zero-order valence-electron chi connectivity index (χ0n) is 16.3. The molecule has 0 aromatic heterocycles. The van der Waals surface area contributed by atoms with E-state index in [9.17, 15) is 9.59 Å². The summed E-state index contributed by atoms with van der Waals surface area (Å²) in [4.78, 5) is 24.9. The van der Waals surface area contributed by atoms with Crippen LogP contribution in [-0.4, -0.2) is 18.4 Å². The van der Waals surface area contributed by atoms with Gasteiger partial charge in [-0.2, -0.15) is 0 Å². The Morgan fingerprint density at radius 1 is 1.04 bits per heavy atom. The number of hydrogen-bond acceptors (Lipinski definition) is 2. The maximum atomic E-state index is 12.5. The molecule has 24 heavy (non-hydrogen) atoms. The van der Waals surface area contributed by atoms with Crippen LogP contribution in [0.2, 0.25) is 0 Å². The summed E-state index contributed by atoms with van der Waals surface area (Å²) in [6.07, 6.45) is 7.57. The monoisotopic (exact) mass is 334 g/mol. The van der Waals surface area contributed by atoms with Gasteiger partial charge in [0, 0.05) is 23.1 Å². The minimum absolute atomic E-state index is 0.0155. The van der Waals surface area contributed by atoms with Gasteiger partial charge in [0.25, 0.3) is 0 Å². The first-order chi connectivity index (χ1) is 10.9. The number of carbonyl (C=O) groups excluding carboxylic acids is 2. The minimum Gasteiger partial charge on any atom is -0.355 e. The molecule has 0 radical (unpaired) electrons. The fourth-order valence-electron chi connectivity index (χ4n) is 2.47. The Morgan fingerprint density at radius 3 is 2.08 bits per heavy atom. The van der Waals surface area contributed by atoms with Gasteiger partial charge in [0.05, 0.1) is 0 Å². The van der Waals surface area contributed by atoms with Gasteiger partial charge in [0.2, 0.25) is 11.8 Å². The minimum atomic E-state index is -0.657. The van der Waals surface area contributed by atoms with Crippen molar-refractivity contribution >= 4 is 11.8 Å². The summed E-state index contributed by atoms with van der Waals surface area (Å²) in [7, 11) is 0. The molecule has 0 aliphatic rings. The van der Waals surface area contributed by atoms with Crippen molar-refractivity contribution in [3.05, 3.63) is 36.6 Å². The van der Waals surface area contributed by atoms with Crippen molar-refractivity contribution in [1.82, 2.24) is 10.6 Å². The summed E-state index contributed by atoms with van der Waals surface area (Å²) in [5.41, 5.74) is -0.514. The standard InChI is InChI=1S/C20H34N2O2/c1-9-10-11-12-16(4)22-18(24)20(7,8)14-19(5,6)17(23)21-13-15(2)3/h9-12,15H,1,13-14H2,2-8H3,(H,21,23)(H,22,24)/b11-10-,16-12+. The molecule has 4 heteroatoms. The van der Waals surface area contributed by atoms with Gasteiger partial charge in [-0.25, -0.2) is 0 Å². The van der Waals surface area contributed by atoms with Gasteiger partial charge in [-0.05, 0) is 25.3 Å². The van der Waals surface area contributed by atoms with Gasteiger partial charge in [0.1, 0.15) is 0 Å². The van der Waals surface area contributed by atoms with Gasteiger partial charge >= 0.3 is 0 Å². The highest BCUT2D eigenvalue weighted by atomic mass is 16.2. The van der Waals surface area contributed by atoms with Crippen LogP contribution in [0.15, 0.2) is 36.6 Å². The second kappa shape index (κ2) is 9.45. The van der Waals surface area contributed by atoms with Gasteiger partial charge < -0.3 is 10.6 Å². The zero-order chi connectivity index (χ0) is 19.0. The molecule has 0 spiro atoms. The van der Waals surface area contributed by atoms with E-state index in [2.05, 4.69) is 31.1 Å². The van der Waals surface area contributed by atoms with Crippen molar-refractivity contribution in [1.29, 1.82) is 0 Å². The lowest BCUT2D eigenvalue weighted by Crippen LogP contribution is -2.45. The summed E-state index contributed by atoms with van der Waals surface area (Å²) in [5, 5.41) is 5.85. The molecule has 0 heterocycles. The van der Waals surface area contributed by atoms with Crippen LogP contribution in [0.5, 0.6) is 0 Å². The molecule has 0 saturated carbocycles. The van der Waals surface area contributed by atoms with Crippen molar-refractivity contribution in [3.8, 4) is 0 Å². The quantitative estimate of drug-likeness (QED) is 0.627. The summed E-state index contributed by atoms with van der Waals surface area (Å²) in [5.74, 6) is 0.295. The maximum Gasteiger partial charge on any atom is 0.229 e. The molecule has 2 N–H and O–H groups in total. The lowest BCUT2D eigenvalue weighted by Gasteiger charge is -2.33. The van der Waals surface area contributed by atoms with Gasteiger partial charge in [-0.1, -0.05) is 66.3 Å². The molecule has 0 fully saturated rings. The van der Waals surface area contributed by atoms with Crippen LogP contribution in [-0.2, 0) is 9.59 Å². The van der Waals surface area contributed by atoms with E-state index in [1.165, 1.54) is 0 Å². The molecule has 0 aromatic rings. The third kappa shape index (κ3) is 8.14. The van der Waals surface area contributed by atoms with Gasteiger partial charge in [-0.3, -0.25) is 9.59 Å². The number of carbonyl (C=O) groups is 2.